The molecule has 19 heavy (non-hydrogen) atoms. The predicted molar refractivity (Wildman–Crippen MR) is 84.9 cm³/mol. The van der Waals surface area contributed by atoms with Crippen LogP contribution in [0.25, 0.3) is 27.6 Å². The maximum Gasteiger partial charge on any atom is 0.0277 e. The Labute approximate surface area is 112 Å². The van der Waals surface area contributed by atoms with Gasteiger partial charge in [0, 0.05) is 13.3 Å². The second-order valence-corrected chi connectivity index (χ2v) is 4.50. The lowest BCUT2D eigenvalue weighted by Crippen LogP contribution is -1.83. The molecule has 0 saturated heterocycles. The molecule has 0 amide bonds. The number of benzene rings is 3. The Bertz CT molecular complexity index is 728. The number of allylic oxidation sites excluding steroid dienone is 1. The third-order valence-corrected chi connectivity index (χ3v) is 3.31. The Morgan fingerprint density at radius 3 is 2.00 bits per heavy atom. The zero-order chi connectivity index (χ0) is 13.1. The molecule has 0 atom stereocenters. The second-order valence-electron chi connectivity index (χ2n) is 4.50. The van der Waals surface area contributed by atoms with Gasteiger partial charge in [-0.1, -0.05) is 54.6 Å². The Hall–Kier alpha value is -2.41. The van der Waals surface area contributed by atoms with Crippen LogP contribution in [0.15, 0.2) is 65.7 Å². The molecule has 0 fully saturated rings. The van der Waals surface area contributed by atoms with E-state index >= 15 is 0 Å². The van der Waals surface area contributed by atoms with Gasteiger partial charge in [0.2, 0.25) is 0 Å². The molecule has 92 valence electrons. The molecule has 0 bridgehead atoms. The fourth-order valence-electron chi connectivity index (χ4n) is 2.45. The third kappa shape index (κ3) is 2.15. The van der Waals surface area contributed by atoms with E-state index in [-0.39, 0.29) is 0 Å². The summed E-state index contributed by atoms with van der Waals surface area (Å²) in [5.41, 5.74) is 1.26. The van der Waals surface area contributed by atoms with Crippen molar-refractivity contribution in [3.05, 3.63) is 66.2 Å². The molecule has 3 rings (SSSR count). The molecule has 0 aliphatic heterocycles. The van der Waals surface area contributed by atoms with E-state index in [2.05, 4.69) is 65.7 Å². The molecule has 0 aliphatic rings. The standard InChI is InChI=1S/C18H15N/c1-19-12-6-11-18-16-9-4-2-7-14(16)13-15-8-3-5-10-17(15)18/h2-13H,1H3. The summed E-state index contributed by atoms with van der Waals surface area (Å²) in [7, 11) is 1.78. The van der Waals surface area contributed by atoms with Gasteiger partial charge in [-0.05, 0) is 39.3 Å². The van der Waals surface area contributed by atoms with Crippen LogP contribution in [0, 0.1) is 0 Å². The first-order valence-electron chi connectivity index (χ1n) is 6.39. The topological polar surface area (TPSA) is 12.4 Å². The lowest BCUT2D eigenvalue weighted by molar-refractivity contribution is 1.48. The average molecular weight is 245 g/mol. The monoisotopic (exact) mass is 245 g/mol. The van der Waals surface area contributed by atoms with Crippen molar-refractivity contribution < 1.29 is 0 Å². The number of nitrogens with zero attached hydrogens (tertiary/aromatic N) is 1. The molecule has 0 heterocycles. The number of hydrogen-bond donors (Lipinski definition) is 0. The quantitative estimate of drug-likeness (QED) is 0.458. The summed E-state index contributed by atoms with van der Waals surface area (Å²) < 4.78 is 0. The van der Waals surface area contributed by atoms with Crippen LogP contribution < -0.4 is 0 Å². The van der Waals surface area contributed by atoms with E-state index in [1.807, 2.05) is 12.3 Å². The minimum atomic E-state index is 1.26. The number of hydrogen-bond acceptors (Lipinski definition) is 1. The zero-order valence-corrected chi connectivity index (χ0v) is 10.9. The molecule has 0 radical (unpaired) electrons. The van der Waals surface area contributed by atoms with E-state index in [0.717, 1.165) is 0 Å². The third-order valence-electron chi connectivity index (χ3n) is 3.31. The minimum Gasteiger partial charge on any atom is -0.297 e. The highest BCUT2D eigenvalue weighted by Gasteiger charge is 2.03. The molecule has 3 aromatic carbocycles. The first-order valence-corrected chi connectivity index (χ1v) is 6.39. The highest BCUT2D eigenvalue weighted by molar-refractivity contribution is 6.07. The van der Waals surface area contributed by atoms with Crippen molar-refractivity contribution in [2.24, 2.45) is 4.99 Å². The van der Waals surface area contributed by atoms with Crippen LogP contribution in [0.2, 0.25) is 0 Å². The number of aliphatic imine (C=N–C) groups is 1. The molecule has 0 spiro atoms. The molecule has 0 unspecified atom stereocenters. The van der Waals surface area contributed by atoms with E-state index in [1.165, 1.54) is 27.1 Å². The summed E-state index contributed by atoms with van der Waals surface area (Å²) in [6, 6.07) is 19.2. The van der Waals surface area contributed by atoms with Crippen LogP contribution in [0.3, 0.4) is 0 Å². The van der Waals surface area contributed by atoms with E-state index < -0.39 is 0 Å². The SMILES string of the molecule is CN=CC=Cc1c2ccccc2cc2ccccc12. The van der Waals surface area contributed by atoms with Gasteiger partial charge >= 0.3 is 0 Å². The van der Waals surface area contributed by atoms with Crippen LogP contribution in [0.4, 0.5) is 0 Å². The normalized spacial score (nSPS) is 12.1. The lowest BCUT2D eigenvalue weighted by atomic mass is 9.96. The zero-order valence-electron chi connectivity index (χ0n) is 10.9. The van der Waals surface area contributed by atoms with Crippen LogP contribution in [-0.4, -0.2) is 13.3 Å². The van der Waals surface area contributed by atoms with Crippen molar-refractivity contribution >= 4 is 33.8 Å². The highest BCUT2D eigenvalue weighted by atomic mass is 14.6. The summed E-state index contributed by atoms with van der Waals surface area (Å²) >= 11 is 0. The van der Waals surface area contributed by atoms with Crippen LogP contribution >= 0.6 is 0 Å². The largest absolute Gasteiger partial charge is 0.297 e. The van der Waals surface area contributed by atoms with Crippen LogP contribution in [-0.2, 0) is 0 Å². The highest BCUT2D eigenvalue weighted by Crippen LogP contribution is 2.29. The van der Waals surface area contributed by atoms with Crippen molar-refractivity contribution in [3.63, 3.8) is 0 Å². The summed E-state index contributed by atoms with van der Waals surface area (Å²) in [4.78, 5) is 4.00. The van der Waals surface area contributed by atoms with Gasteiger partial charge in [-0.3, -0.25) is 4.99 Å². The van der Waals surface area contributed by atoms with Gasteiger partial charge in [0.1, 0.15) is 0 Å². The molecule has 0 aromatic heterocycles. The fourth-order valence-corrected chi connectivity index (χ4v) is 2.45. The second kappa shape index (κ2) is 5.07. The first kappa shape index (κ1) is 11.7. The van der Waals surface area contributed by atoms with E-state index in [1.54, 1.807) is 7.05 Å². The number of fused-ring (bicyclic) bond motifs is 2. The van der Waals surface area contributed by atoms with Gasteiger partial charge in [0.25, 0.3) is 0 Å². The maximum absolute atomic E-state index is 4.00. The predicted octanol–water partition coefficient (Wildman–Crippen LogP) is 4.71. The molecular weight excluding hydrogens is 230 g/mol. The lowest BCUT2D eigenvalue weighted by Gasteiger charge is -2.07. The Morgan fingerprint density at radius 1 is 0.842 bits per heavy atom. The fraction of sp³-hybridized carbons (Fsp3) is 0.0556. The van der Waals surface area contributed by atoms with Crippen molar-refractivity contribution in [1.82, 2.24) is 0 Å². The van der Waals surface area contributed by atoms with Crippen LogP contribution in [0.5, 0.6) is 0 Å². The van der Waals surface area contributed by atoms with Gasteiger partial charge in [-0.2, -0.15) is 0 Å². The maximum atomic E-state index is 4.00. The molecule has 3 aromatic rings. The number of rotatable bonds is 2. The smallest absolute Gasteiger partial charge is 0.0277 e. The molecular formula is C18H15N. The van der Waals surface area contributed by atoms with Crippen molar-refractivity contribution in [3.8, 4) is 0 Å². The molecule has 0 N–H and O–H groups in total. The van der Waals surface area contributed by atoms with Crippen molar-refractivity contribution in [2.45, 2.75) is 0 Å². The molecule has 1 heteroatoms. The summed E-state index contributed by atoms with van der Waals surface area (Å²) in [6.07, 6.45) is 5.95. The van der Waals surface area contributed by atoms with Gasteiger partial charge in [0.15, 0.2) is 0 Å². The van der Waals surface area contributed by atoms with Gasteiger partial charge in [-0.15, -0.1) is 0 Å². The Morgan fingerprint density at radius 2 is 1.42 bits per heavy atom. The molecule has 0 saturated carbocycles. The summed E-state index contributed by atoms with van der Waals surface area (Å²) in [5.74, 6) is 0. The van der Waals surface area contributed by atoms with Crippen molar-refractivity contribution in [1.29, 1.82) is 0 Å². The summed E-state index contributed by atoms with van der Waals surface area (Å²) in [5, 5.41) is 5.10. The van der Waals surface area contributed by atoms with E-state index in [0.29, 0.717) is 0 Å². The first-order chi connectivity index (χ1) is 9.40. The molecule has 0 aliphatic carbocycles. The average Bonchev–Trinajstić information content (AvgIpc) is 2.46. The Kier molecular flexibility index (Phi) is 3.11. The van der Waals surface area contributed by atoms with Crippen molar-refractivity contribution in [2.75, 3.05) is 7.05 Å². The van der Waals surface area contributed by atoms with Gasteiger partial charge in [0.05, 0.1) is 0 Å². The Balaban J connectivity index is 2.39. The molecule has 1 nitrogen and oxygen atoms in total. The van der Waals surface area contributed by atoms with Crippen LogP contribution in [0.1, 0.15) is 5.56 Å². The minimum absolute atomic E-state index is 1.26. The summed E-state index contributed by atoms with van der Waals surface area (Å²) in [6.45, 7) is 0. The van der Waals surface area contributed by atoms with Gasteiger partial charge in [-0.25, -0.2) is 0 Å². The van der Waals surface area contributed by atoms with Gasteiger partial charge < -0.3 is 0 Å². The van der Waals surface area contributed by atoms with E-state index in [9.17, 15) is 0 Å². The van der Waals surface area contributed by atoms with E-state index in [4.69, 9.17) is 0 Å².